The maximum Gasteiger partial charge on any atom is 0.339 e. The molecule has 0 saturated carbocycles. The van der Waals surface area contributed by atoms with Gasteiger partial charge in [0, 0.05) is 43.3 Å². The number of ether oxygens (including phenoxy) is 2. The monoisotopic (exact) mass is 572 g/mol. The zero-order valence-electron chi connectivity index (χ0n) is 25.2. The highest BCUT2D eigenvalue weighted by atomic mass is 19.1. The summed E-state index contributed by atoms with van der Waals surface area (Å²) in [4.78, 5) is 28.7. The van der Waals surface area contributed by atoms with Crippen molar-refractivity contribution >= 4 is 22.4 Å². The molecule has 0 fully saturated rings. The van der Waals surface area contributed by atoms with E-state index in [1.807, 2.05) is 68.4 Å². The number of carboxylic acid groups (broad SMARTS) is 1. The Kier molecular flexibility index (Phi) is 7.62. The number of benzene rings is 3. The molecule has 0 saturated heterocycles. The number of aliphatic carboxylic acids is 1. The molecule has 0 radical (unpaired) electrons. The minimum atomic E-state index is -1.48. The van der Waals surface area contributed by atoms with Crippen molar-refractivity contribution in [3.63, 3.8) is 0 Å². The third kappa shape index (κ3) is 5.27. The van der Waals surface area contributed by atoms with Crippen molar-refractivity contribution in [2.75, 3.05) is 25.6 Å². The Bertz CT molecular complexity index is 1750. The Morgan fingerprint density at radius 3 is 2.36 bits per heavy atom. The third-order valence-electron chi connectivity index (χ3n) is 7.81. The predicted octanol–water partition coefficient (Wildman–Crippen LogP) is 6.65. The van der Waals surface area contributed by atoms with Gasteiger partial charge in [0.25, 0.3) is 5.56 Å². The second-order valence-electron chi connectivity index (χ2n) is 12.1. The van der Waals surface area contributed by atoms with Gasteiger partial charge in [-0.3, -0.25) is 4.79 Å². The summed E-state index contributed by atoms with van der Waals surface area (Å²) in [5.41, 5.74) is 4.31. The lowest BCUT2D eigenvalue weighted by atomic mass is 9.87. The summed E-state index contributed by atoms with van der Waals surface area (Å²) in [6.07, 6.45) is -0.0905. The highest BCUT2D eigenvalue weighted by molar-refractivity contribution is 6.01. The number of aromatic nitrogens is 1. The van der Waals surface area contributed by atoms with Crippen molar-refractivity contribution in [1.82, 2.24) is 4.57 Å². The Morgan fingerprint density at radius 2 is 1.74 bits per heavy atom. The first-order valence-electron chi connectivity index (χ1n) is 14.1. The van der Waals surface area contributed by atoms with Gasteiger partial charge < -0.3 is 24.0 Å². The second kappa shape index (κ2) is 10.9. The Labute approximate surface area is 245 Å². The van der Waals surface area contributed by atoms with Crippen LogP contribution in [0.1, 0.15) is 50.1 Å². The molecule has 8 heteroatoms. The van der Waals surface area contributed by atoms with Gasteiger partial charge in [-0.25, -0.2) is 9.18 Å². The van der Waals surface area contributed by atoms with Crippen LogP contribution < -0.4 is 15.2 Å². The minimum absolute atomic E-state index is 0.164. The van der Waals surface area contributed by atoms with Crippen LogP contribution in [-0.4, -0.2) is 41.9 Å². The number of anilines is 1. The molecule has 1 N–H and O–H groups in total. The van der Waals surface area contributed by atoms with Gasteiger partial charge in [-0.05, 0) is 92.4 Å². The van der Waals surface area contributed by atoms with Crippen molar-refractivity contribution in [2.24, 2.45) is 7.05 Å². The highest BCUT2D eigenvalue weighted by Gasteiger charge is 2.34. The van der Waals surface area contributed by atoms with Crippen molar-refractivity contribution in [3.8, 4) is 28.0 Å². The molecular formula is C34H37FN2O5. The van der Waals surface area contributed by atoms with Crippen LogP contribution in [-0.2, 0) is 23.0 Å². The first-order valence-corrected chi connectivity index (χ1v) is 14.1. The number of pyridine rings is 1. The fraction of sp³-hybridized carbons (Fsp3) is 0.353. The third-order valence-corrected chi connectivity index (χ3v) is 7.81. The number of hydrogen-bond acceptors (Lipinski definition) is 5. The van der Waals surface area contributed by atoms with Gasteiger partial charge in [-0.2, -0.15) is 0 Å². The first-order chi connectivity index (χ1) is 19.8. The van der Waals surface area contributed by atoms with E-state index in [9.17, 15) is 14.7 Å². The molecule has 0 spiro atoms. The minimum Gasteiger partial charge on any atom is -0.490 e. The molecule has 0 unspecified atom stereocenters. The number of nitrogens with zero attached hydrogens (tertiary/aromatic N) is 2. The van der Waals surface area contributed by atoms with Gasteiger partial charge in [0.05, 0.1) is 17.9 Å². The quantitative estimate of drug-likeness (QED) is 0.279. The number of rotatable bonds is 6. The fourth-order valence-electron chi connectivity index (χ4n) is 5.75. The van der Waals surface area contributed by atoms with Crippen LogP contribution in [0.25, 0.3) is 33.0 Å². The summed E-state index contributed by atoms with van der Waals surface area (Å²) in [7, 11) is 5.49. The van der Waals surface area contributed by atoms with Gasteiger partial charge in [0.1, 0.15) is 0 Å². The van der Waals surface area contributed by atoms with E-state index in [4.69, 9.17) is 9.47 Å². The summed E-state index contributed by atoms with van der Waals surface area (Å²) in [6.45, 7) is 7.61. The number of carboxylic acids is 1. The van der Waals surface area contributed by atoms with Gasteiger partial charge in [0.15, 0.2) is 17.7 Å². The maximum atomic E-state index is 15.6. The molecule has 0 bridgehead atoms. The smallest absolute Gasteiger partial charge is 0.339 e. The van der Waals surface area contributed by atoms with Gasteiger partial charge >= 0.3 is 5.97 Å². The molecule has 42 heavy (non-hydrogen) atoms. The summed E-state index contributed by atoms with van der Waals surface area (Å²) in [5.74, 6) is -1.51. The number of halogens is 1. The van der Waals surface area contributed by atoms with E-state index in [0.717, 1.165) is 34.4 Å². The molecule has 1 aromatic heterocycles. The van der Waals surface area contributed by atoms with Gasteiger partial charge in [-0.15, -0.1) is 0 Å². The molecule has 7 nitrogen and oxygen atoms in total. The van der Waals surface area contributed by atoms with Gasteiger partial charge in [0.2, 0.25) is 0 Å². The van der Waals surface area contributed by atoms with Crippen LogP contribution in [0.2, 0.25) is 0 Å². The Morgan fingerprint density at radius 1 is 1.07 bits per heavy atom. The molecule has 5 rings (SSSR count). The summed E-state index contributed by atoms with van der Waals surface area (Å²) in [6, 6.07) is 15.0. The molecule has 1 aliphatic rings. The van der Waals surface area contributed by atoms with Crippen LogP contribution in [0.4, 0.5) is 10.1 Å². The normalized spacial score (nSPS) is 13.9. The standard InChI is InChI=1S/C34H37FN2O5/c1-19-23-9-8-16-41-30(23)27(35)18-25(19)28-24-15-12-21(20-10-13-22(14-11-20)36(5)6)17-26(24)32(38)37(7)29(28)31(33(39)40)42-34(2,3)4/h10-15,17-18,31H,8-9,16H2,1-7H3,(H,39,40)/t31-/m0/s1. The van der Waals surface area contributed by atoms with E-state index in [2.05, 4.69) is 0 Å². The Hall–Kier alpha value is -4.17. The van der Waals surface area contributed by atoms with E-state index in [1.165, 1.54) is 10.6 Å². The van der Waals surface area contributed by atoms with Crippen LogP contribution in [0.3, 0.4) is 0 Å². The van der Waals surface area contributed by atoms with Crippen molar-refractivity contribution in [1.29, 1.82) is 0 Å². The van der Waals surface area contributed by atoms with Crippen molar-refractivity contribution in [2.45, 2.75) is 52.2 Å². The van der Waals surface area contributed by atoms with E-state index in [1.54, 1.807) is 27.8 Å². The van der Waals surface area contributed by atoms with Gasteiger partial charge in [-0.1, -0.05) is 24.3 Å². The highest BCUT2D eigenvalue weighted by Crippen LogP contribution is 2.43. The zero-order valence-corrected chi connectivity index (χ0v) is 25.2. The number of carbonyl (C=O) groups is 1. The van der Waals surface area contributed by atoms with Crippen LogP contribution in [0.5, 0.6) is 5.75 Å². The fourth-order valence-corrected chi connectivity index (χ4v) is 5.75. The predicted molar refractivity (Wildman–Crippen MR) is 164 cm³/mol. The molecule has 2 heterocycles. The molecule has 0 amide bonds. The number of fused-ring (bicyclic) bond motifs is 2. The molecule has 3 aromatic carbocycles. The lowest BCUT2D eigenvalue weighted by Gasteiger charge is -2.29. The molecule has 220 valence electrons. The zero-order chi connectivity index (χ0) is 30.5. The van der Waals surface area contributed by atoms with E-state index in [0.29, 0.717) is 34.9 Å². The second-order valence-corrected chi connectivity index (χ2v) is 12.1. The average Bonchev–Trinajstić information content (AvgIpc) is 2.95. The largest absolute Gasteiger partial charge is 0.490 e. The molecular weight excluding hydrogens is 535 g/mol. The molecule has 0 aliphatic carbocycles. The lowest BCUT2D eigenvalue weighted by Crippen LogP contribution is -2.33. The first kappa shape index (κ1) is 29.3. The Balaban J connectivity index is 1.85. The molecule has 1 aliphatic heterocycles. The molecule has 4 aromatic rings. The van der Waals surface area contributed by atoms with Crippen LogP contribution in [0.15, 0.2) is 53.3 Å². The average molecular weight is 573 g/mol. The van der Waals surface area contributed by atoms with Crippen molar-refractivity contribution in [3.05, 3.63) is 81.5 Å². The van der Waals surface area contributed by atoms with E-state index in [-0.39, 0.29) is 17.0 Å². The van der Waals surface area contributed by atoms with E-state index >= 15 is 4.39 Å². The van der Waals surface area contributed by atoms with Crippen LogP contribution >= 0.6 is 0 Å². The van der Waals surface area contributed by atoms with Crippen LogP contribution in [0, 0.1) is 12.7 Å². The number of hydrogen-bond donors (Lipinski definition) is 1. The topological polar surface area (TPSA) is 81.0 Å². The van der Waals surface area contributed by atoms with Crippen molar-refractivity contribution < 1.29 is 23.8 Å². The van der Waals surface area contributed by atoms with E-state index < -0.39 is 23.5 Å². The summed E-state index contributed by atoms with van der Waals surface area (Å²) in [5, 5.41) is 11.3. The lowest BCUT2D eigenvalue weighted by molar-refractivity contribution is -0.161. The molecule has 1 atom stereocenters. The SMILES string of the molecule is Cc1c(-c2c([C@H](OC(C)(C)C)C(=O)O)n(C)c(=O)c3cc(-c4ccc(N(C)C)cc4)ccc23)cc(F)c2c1CCCO2. The summed E-state index contributed by atoms with van der Waals surface area (Å²) >= 11 is 0. The maximum absolute atomic E-state index is 15.6. The summed E-state index contributed by atoms with van der Waals surface area (Å²) < 4.78 is 28.6.